The molecule has 1 atom stereocenters. The van der Waals surface area contributed by atoms with Crippen molar-refractivity contribution in [2.45, 2.75) is 18.9 Å². The molecule has 3 rings (SSSR count). The average Bonchev–Trinajstić information content (AvgIpc) is 2.77. The molecule has 31 heavy (non-hydrogen) atoms. The van der Waals surface area contributed by atoms with Crippen LogP contribution in [0.1, 0.15) is 23.6 Å². The van der Waals surface area contributed by atoms with Gasteiger partial charge in [-0.15, -0.1) is 24.0 Å². The van der Waals surface area contributed by atoms with E-state index < -0.39 is 0 Å². The summed E-state index contributed by atoms with van der Waals surface area (Å²) < 4.78 is 11.0. The number of para-hydroxylation sites is 1. The van der Waals surface area contributed by atoms with Gasteiger partial charge in [0.05, 0.1) is 19.8 Å². The van der Waals surface area contributed by atoms with Gasteiger partial charge in [0.2, 0.25) is 5.91 Å². The first-order chi connectivity index (χ1) is 14.6. The fourth-order valence-electron chi connectivity index (χ4n) is 3.22. The van der Waals surface area contributed by atoms with Crippen LogP contribution in [0.5, 0.6) is 11.5 Å². The number of amides is 1. The molecule has 1 heterocycles. The molecule has 7 nitrogen and oxygen atoms in total. The van der Waals surface area contributed by atoms with Crippen LogP contribution in [-0.2, 0) is 11.2 Å². The Labute approximate surface area is 201 Å². The van der Waals surface area contributed by atoms with Crippen molar-refractivity contribution in [1.82, 2.24) is 15.5 Å². The second kappa shape index (κ2) is 12.4. The predicted octanol–water partition coefficient (Wildman–Crippen LogP) is 3.00. The largest absolute Gasteiger partial charge is 0.497 e. The highest BCUT2D eigenvalue weighted by molar-refractivity contribution is 14.0. The van der Waals surface area contributed by atoms with Crippen LogP contribution in [0.4, 0.5) is 0 Å². The molecule has 1 aliphatic heterocycles. The number of fused-ring (bicyclic) bond motifs is 1. The molecule has 1 amide bonds. The quantitative estimate of drug-likeness (QED) is 0.322. The molecule has 0 fully saturated rings. The predicted molar refractivity (Wildman–Crippen MR) is 134 cm³/mol. The van der Waals surface area contributed by atoms with Gasteiger partial charge in [-0.1, -0.05) is 30.3 Å². The fraction of sp³-hybridized carbons (Fsp3) is 0.391. The Balaban J connectivity index is 0.00000341. The molecule has 0 saturated carbocycles. The minimum atomic E-state index is -0.0429. The molecular weight excluding hydrogens is 507 g/mol. The number of hydrogen-bond acceptors (Lipinski definition) is 4. The second-order valence-corrected chi connectivity index (χ2v) is 7.35. The number of rotatable bonds is 7. The van der Waals surface area contributed by atoms with E-state index >= 15 is 0 Å². The molecule has 0 saturated heterocycles. The summed E-state index contributed by atoms with van der Waals surface area (Å²) in [5, 5.41) is 6.84. The summed E-state index contributed by atoms with van der Waals surface area (Å²) in [6, 6.07) is 16.1. The van der Waals surface area contributed by atoms with Crippen molar-refractivity contribution in [2.75, 3.05) is 40.9 Å². The number of nitrogens with one attached hydrogen (secondary N) is 2. The summed E-state index contributed by atoms with van der Waals surface area (Å²) in [6.07, 6.45) is 1.66. The van der Waals surface area contributed by atoms with Gasteiger partial charge in [0, 0.05) is 32.6 Å². The summed E-state index contributed by atoms with van der Waals surface area (Å²) in [4.78, 5) is 18.1. The van der Waals surface area contributed by atoms with Crippen LogP contribution in [0, 0.1) is 0 Å². The van der Waals surface area contributed by atoms with Crippen molar-refractivity contribution < 1.29 is 14.3 Å². The third-order valence-corrected chi connectivity index (χ3v) is 5.01. The number of benzene rings is 2. The monoisotopic (exact) mass is 538 g/mol. The smallest absolute Gasteiger partial charge is 0.243 e. The molecule has 0 aromatic heterocycles. The van der Waals surface area contributed by atoms with Gasteiger partial charge in [-0.25, -0.2) is 4.99 Å². The van der Waals surface area contributed by atoms with Gasteiger partial charge >= 0.3 is 0 Å². The van der Waals surface area contributed by atoms with Gasteiger partial charge in [0.15, 0.2) is 5.96 Å². The van der Waals surface area contributed by atoms with Crippen molar-refractivity contribution in [1.29, 1.82) is 0 Å². The van der Waals surface area contributed by atoms with Gasteiger partial charge in [-0.3, -0.25) is 4.79 Å². The van der Waals surface area contributed by atoms with E-state index in [1.54, 1.807) is 26.1 Å². The maximum Gasteiger partial charge on any atom is 0.243 e. The Hall–Kier alpha value is -2.49. The number of ether oxygens (including phenoxy) is 2. The number of methoxy groups -OCH3 is 1. The Morgan fingerprint density at radius 2 is 1.94 bits per heavy atom. The Morgan fingerprint density at radius 3 is 2.65 bits per heavy atom. The number of carbonyl (C=O) groups excluding carboxylic acids is 1. The highest BCUT2D eigenvalue weighted by Crippen LogP contribution is 2.31. The van der Waals surface area contributed by atoms with Crippen LogP contribution in [-0.4, -0.2) is 57.7 Å². The van der Waals surface area contributed by atoms with Crippen LogP contribution < -0.4 is 20.1 Å². The second-order valence-electron chi connectivity index (χ2n) is 7.35. The molecule has 1 unspecified atom stereocenters. The summed E-state index contributed by atoms with van der Waals surface area (Å²) >= 11 is 0. The molecule has 168 valence electrons. The number of carbonyl (C=O) groups is 1. The van der Waals surface area contributed by atoms with E-state index in [0.717, 1.165) is 29.9 Å². The lowest BCUT2D eigenvalue weighted by Crippen LogP contribution is -2.42. The molecule has 2 aromatic rings. The maximum atomic E-state index is 12.0. The van der Waals surface area contributed by atoms with Crippen molar-refractivity contribution in [3.8, 4) is 11.5 Å². The molecular formula is C23H31IN4O3. The summed E-state index contributed by atoms with van der Waals surface area (Å²) in [7, 11) is 5.13. The average molecular weight is 538 g/mol. The number of likely N-dealkylation sites (N-methyl/N-ethyl adjacent to an activating group) is 1. The van der Waals surface area contributed by atoms with Crippen LogP contribution in [0.25, 0.3) is 0 Å². The third kappa shape index (κ3) is 7.30. The van der Waals surface area contributed by atoms with E-state index in [-0.39, 0.29) is 42.5 Å². The molecule has 8 heteroatoms. The minimum Gasteiger partial charge on any atom is -0.497 e. The first-order valence-electron chi connectivity index (χ1n) is 10.2. The van der Waals surface area contributed by atoms with E-state index in [9.17, 15) is 4.79 Å². The van der Waals surface area contributed by atoms with Gasteiger partial charge in [0.1, 0.15) is 18.0 Å². The zero-order valence-corrected chi connectivity index (χ0v) is 20.6. The zero-order chi connectivity index (χ0) is 21.3. The lowest BCUT2D eigenvalue weighted by Gasteiger charge is -2.28. The van der Waals surface area contributed by atoms with Crippen LogP contribution in [0.3, 0.4) is 0 Å². The van der Waals surface area contributed by atoms with E-state index in [1.165, 1.54) is 5.56 Å². The zero-order valence-electron chi connectivity index (χ0n) is 18.3. The van der Waals surface area contributed by atoms with E-state index in [1.807, 2.05) is 30.3 Å². The summed E-state index contributed by atoms with van der Waals surface area (Å²) in [5.41, 5.74) is 2.30. The highest BCUT2D eigenvalue weighted by Gasteiger charge is 2.22. The Morgan fingerprint density at radius 1 is 1.19 bits per heavy atom. The van der Waals surface area contributed by atoms with Gasteiger partial charge < -0.3 is 25.0 Å². The highest BCUT2D eigenvalue weighted by atomic mass is 127. The molecule has 0 aliphatic carbocycles. The molecule has 0 bridgehead atoms. The van der Waals surface area contributed by atoms with Gasteiger partial charge in [0.25, 0.3) is 0 Å². The van der Waals surface area contributed by atoms with Crippen LogP contribution >= 0.6 is 24.0 Å². The molecule has 2 N–H and O–H groups in total. The first kappa shape index (κ1) is 24.8. The SMILES string of the molecule is COc1ccc(CCNC(=NCC(=O)N(C)C)NC2CCOc3ccccc32)cc1.I. The number of guanidine groups is 1. The number of hydrogen-bond donors (Lipinski definition) is 2. The van der Waals surface area contributed by atoms with Crippen LogP contribution in [0.2, 0.25) is 0 Å². The first-order valence-corrected chi connectivity index (χ1v) is 10.2. The standard InChI is InChI=1S/C23H30N4O3.HI/c1-27(2)22(28)16-25-23(24-14-12-17-8-10-18(29-3)11-9-17)26-20-13-15-30-21-7-5-4-6-19(20)21;/h4-11,20H,12-16H2,1-3H3,(H2,24,25,26);1H. The minimum absolute atomic E-state index is 0. The van der Waals surface area contributed by atoms with E-state index in [4.69, 9.17) is 9.47 Å². The third-order valence-electron chi connectivity index (χ3n) is 5.01. The maximum absolute atomic E-state index is 12.0. The van der Waals surface area contributed by atoms with Crippen LogP contribution in [0.15, 0.2) is 53.5 Å². The molecule has 2 aromatic carbocycles. The van der Waals surface area contributed by atoms with Gasteiger partial charge in [-0.2, -0.15) is 0 Å². The topological polar surface area (TPSA) is 75.2 Å². The van der Waals surface area contributed by atoms with Crippen molar-refractivity contribution >= 4 is 35.8 Å². The Bertz CT molecular complexity index is 871. The molecule has 1 aliphatic rings. The van der Waals surface area contributed by atoms with E-state index in [2.05, 4.69) is 33.8 Å². The Kier molecular flexibility index (Phi) is 9.90. The lowest BCUT2D eigenvalue weighted by molar-refractivity contribution is -0.127. The fourth-order valence-corrected chi connectivity index (χ4v) is 3.22. The van der Waals surface area contributed by atoms with Crippen molar-refractivity contribution in [3.05, 3.63) is 59.7 Å². The van der Waals surface area contributed by atoms with E-state index in [0.29, 0.717) is 19.1 Å². The normalized spacial score (nSPS) is 15.1. The van der Waals surface area contributed by atoms with Gasteiger partial charge in [-0.05, 0) is 30.2 Å². The lowest BCUT2D eigenvalue weighted by atomic mass is 10.0. The summed E-state index contributed by atoms with van der Waals surface area (Å²) in [5.74, 6) is 2.32. The number of aliphatic imine (C=N–C) groups is 1. The molecule has 0 spiro atoms. The van der Waals surface area contributed by atoms with Crippen molar-refractivity contribution in [2.24, 2.45) is 4.99 Å². The number of halogens is 1. The summed E-state index contributed by atoms with van der Waals surface area (Å²) in [6.45, 7) is 1.43. The number of nitrogens with zero attached hydrogens (tertiary/aromatic N) is 2. The molecule has 0 radical (unpaired) electrons. The van der Waals surface area contributed by atoms with Crippen molar-refractivity contribution in [3.63, 3.8) is 0 Å².